The van der Waals surface area contributed by atoms with Crippen LogP contribution >= 0.6 is 0 Å². The van der Waals surface area contributed by atoms with E-state index in [9.17, 15) is 9.59 Å². The molecule has 4 heteroatoms. The van der Waals surface area contributed by atoms with Crippen LogP contribution in [0.3, 0.4) is 0 Å². The van der Waals surface area contributed by atoms with E-state index in [-0.39, 0.29) is 11.8 Å². The molecule has 1 aromatic rings. The lowest BCUT2D eigenvalue weighted by Crippen LogP contribution is -2.43. The highest BCUT2D eigenvalue weighted by Gasteiger charge is 2.26. The van der Waals surface area contributed by atoms with Crippen LogP contribution in [0.1, 0.15) is 73.6 Å². The zero-order chi connectivity index (χ0) is 17.5. The topological polar surface area (TPSA) is 49.4 Å². The predicted octanol–water partition coefficient (Wildman–Crippen LogP) is 3.87. The van der Waals surface area contributed by atoms with Gasteiger partial charge in [0, 0.05) is 30.3 Å². The molecule has 2 amide bonds. The minimum Gasteiger partial charge on any atom is -0.352 e. The summed E-state index contributed by atoms with van der Waals surface area (Å²) in [7, 11) is 0. The van der Waals surface area contributed by atoms with E-state index in [4.69, 9.17) is 0 Å². The van der Waals surface area contributed by atoms with Gasteiger partial charge < -0.3 is 10.2 Å². The number of benzene rings is 1. The molecule has 0 radical (unpaired) electrons. The Hall–Kier alpha value is -1.84. The Bertz CT molecular complexity index is 551. The first-order chi connectivity index (χ1) is 11.5. The van der Waals surface area contributed by atoms with Crippen molar-refractivity contribution in [1.82, 2.24) is 10.2 Å². The van der Waals surface area contributed by atoms with E-state index in [2.05, 4.69) is 26.1 Å². The van der Waals surface area contributed by atoms with Gasteiger partial charge in [-0.25, -0.2) is 0 Å². The molecule has 0 spiro atoms. The Kier molecular flexibility index (Phi) is 6.83. The Balaban J connectivity index is 1.97. The first kappa shape index (κ1) is 18.5. The number of hydrogen-bond donors (Lipinski definition) is 1. The van der Waals surface area contributed by atoms with Crippen LogP contribution in [0.2, 0.25) is 0 Å². The number of carbonyl (C=O) groups is 2. The standard InChI is InChI=1S/C20H30N2O2/c1-4-18-7-5-6-14-22(18)20(24)17-10-8-16(9-11-17)19(23)21-13-12-15(2)3/h8-11,15,18H,4-7,12-14H2,1-3H3,(H,21,23). The van der Waals surface area contributed by atoms with E-state index in [1.54, 1.807) is 24.3 Å². The van der Waals surface area contributed by atoms with Crippen LogP contribution in [0, 0.1) is 5.92 Å². The number of likely N-dealkylation sites (tertiary alicyclic amines) is 1. The van der Waals surface area contributed by atoms with E-state index in [0.29, 0.717) is 29.6 Å². The molecule has 4 nitrogen and oxygen atoms in total. The maximum atomic E-state index is 12.7. The molecule has 1 aliphatic heterocycles. The molecule has 1 fully saturated rings. The highest BCUT2D eigenvalue weighted by Crippen LogP contribution is 2.22. The normalized spacial score (nSPS) is 17.8. The van der Waals surface area contributed by atoms with Gasteiger partial charge in [-0.3, -0.25) is 9.59 Å². The zero-order valence-corrected chi connectivity index (χ0v) is 15.2. The van der Waals surface area contributed by atoms with Gasteiger partial charge in [0.1, 0.15) is 0 Å². The summed E-state index contributed by atoms with van der Waals surface area (Å²) in [6.45, 7) is 7.94. The lowest BCUT2D eigenvalue weighted by Gasteiger charge is -2.35. The first-order valence-corrected chi connectivity index (χ1v) is 9.22. The third-order valence-corrected chi connectivity index (χ3v) is 4.76. The summed E-state index contributed by atoms with van der Waals surface area (Å²) >= 11 is 0. The van der Waals surface area contributed by atoms with Crippen molar-refractivity contribution in [3.8, 4) is 0 Å². The summed E-state index contributed by atoms with van der Waals surface area (Å²) in [6, 6.07) is 7.42. The fourth-order valence-corrected chi connectivity index (χ4v) is 3.20. The highest BCUT2D eigenvalue weighted by atomic mass is 16.2. The average Bonchev–Trinajstić information content (AvgIpc) is 2.60. The van der Waals surface area contributed by atoms with E-state index in [0.717, 1.165) is 32.2 Å². The summed E-state index contributed by atoms with van der Waals surface area (Å²) in [5.74, 6) is 0.591. The maximum absolute atomic E-state index is 12.7. The van der Waals surface area contributed by atoms with Crippen LogP contribution in [0.25, 0.3) is 0 Å². The number of piperidine rings is 1. The molecule has 1 aliphatic rings. The summed E-state index contributed by atoms with van der Waals surface area (Å²) in [6.07, 6.45) is 5.35. The van der Waals surface area contributed by atoms with Crippen LogP contribution in [0.5, 0.6) is 0 Å². The van der Waals surface area contributed by atoms with Gasteiger partial charge in [-0.1, -0.05) is 20.8 Å². The third kappa shape index (κ3) is 4.83. The second kappa shape index (κ2) is 8.86. The van der Waals surface area contributed by atoms with E-state index in [1.165, 1.54) is 6.42 Å². The summed E-state index contributed by atoms with van der Waals surface area (Å²) < 4.78 is 0. The molecule has 0 aromatic heterocycles. The molecule has 0 aliphatic carbocycles. The molecule has 24 heavy (non-hydrogen) atoms. The number of nitrogens with one attached hydrogen (secondary N) is 1. The van der Waals surface area contributed by atoms with Crippen LogP contribution in [-0.4, -0.2) is 35.8 Å². The molecule has 1 unspecified atom stereocenters. The molecule has 132 valence electrons. The summed E-state index contributed by atoms with van der Waals surface area (Å²) in [4.78, 5) is 26.8. The van der Waals surface area contributed by atoms with E-state index < -0.39 is 0 Å². The van der Waals surface area contributed by atoms with Gasteiger partial charge in [-0.05, 0) is 62.3 Å². The quantitative estimate of drug-likeness (QED) is 0.861. The molecule has 0 saturated carbocycles. The van der Waals surface area contributed by atoms with Crippen molar-refractivity contribution in [2.75, 3.05) is 13.1 Å². The van der Waals surface area contributed by atoms with Crippen LogP contribution in [0.4, 0.5) is 0 Å². The van der Waals surface area contributed by atoms with Crippen molar-refractivity contribution >= 4 is 11.8 Å². The molecule has 1 heterocycles. The monoisotopic (exact) mass is 330 g/mol. The van der Waals surface area contributed by atoms with Gasteiger partial charge >= 0.3 is 0 Å². The number of amides is 2. The second-order valence-corrected chi connectivity index (χ2v) is 7.07. The van der Waals surface area contributed by atoms with Gasteiger partial charge in [0.25, 0.3) is 11.8 Å². The lowest BCUT2D eigenvalue weighted by atomic mass is 9.98. The van der Waals surface area contributed by atoms with Crippen molar-refractivity contribution in [1.29, 1.82) is 0 Å². The highest BCUT2D eigenvalue weighted by molar-refractivity contribution is 5.98. The van der Waals surface area contributed by atoms with Crippen LogP contribution in [-0.2, 0) is 0 Å². The Morgan fingerprint density at radius 2 is 1.83 bits per heavy atom. The predicted molar refractivity (Wildman–Crippen MR) is 97.2 cm³/mol. The Morgan fingerprint density at radius 3 is 2.46 bits per heavy atom. The van der Waals surface area contributed by atoms with E-state index >= 15 is 0 Å². The molecule has 0 bridgehead atoms. The van der Waals surface area contributed by atoms with Crippen LogP contribution in [0.15, 0.2) is 24.3 Å². The second-order valence-electron chi connectivity index (χ2n) is 7.07. The zero-order valence-electron chi connectivity index (χ0n) is 15.2. The molecular weight excluding hydrogens is 300 g/mol. The summed E-state index contributed by atoms with van der Waals surface area (Å²) in [5, 5.41) is 2.92. The van der Waals surface area contributed by atoms with Gasteiger partial charge in [0.2, 0.25) is 0 Å². The van der Waals surface area contributed by atoms with Crippen molar-refractivity contribution in [3.63, 3.8) is 0 Å². The molecule has 2 rings (SSSR count). The summed E-state index contributed by atoms with van der Waals surface area (Å²) in [5.41, 5.74) is 1.29. The fourth-order valence-electron chi connectivity index (χ4n) is 3.20. The van der Waals surface area contributed by atoms with E-state index in [1.807, 2.05) is 4.90 Å². The van der Waals surface area contributed by atoms with Gasteiger partial charge in [-0.2, -0.15) is 0 Å². The first-order valence-electron chi connectivity index (χ1n) is 9.22. The van der Waals surface area contributed by atoms with Crippen LogP contribution < -0.4 is 5.32 Å². The number of rotatable bonds is 6. The van der Waals surface area contributed by atoms with Gasteiger partial charge in [0.05, 0.1) is 0 Å². The fraction of sp³-hybridized carbons (Fsp3) is 0.600. The number of carbonyl (C=O) groups excluding carboxylic acids is 2. The molecular formula is C20H30N2O2. The minimum atomic E-state index is -0.0703. The van der Waals surface area contributed by atoms with Crippen molar-refractivity contribution in [2.24, 2.45) is 5.92 Å². The van der Waals surface area contributed by atoms with Crippen molar-refractivity contribution in [3.05, 3.63) is 35.4 Å². The lowest BCUT2D eigenvalue weighted by molar-refractivity contribution is 0.0607. The van der Waals surface area contributed by atoms with Gasteiger partial charge in [-0.15, -0.1) is 0 Å². The number of nitrogens with zero attached hydrogens (tertiary/aromatic N) is 1. The molecule has 1 N–H and O–H groups in total. The largest absolute Gasteiger partial charge is 0.352 e. The average molecular weight is 330 g/mol. The SMILES string of the molecule is CCC1CCCCN1C(=O)c1ccc(C(=O)NCCC(C)C)cc1. The van der Waals surface area contributed by atoms with Crippen molar-refractivity contribution < 1.29 is 9.59 Å². The Morgan fingerprint density at radius 1 is 1.17 bits per heavy atom. The molecule has 1 aromatic carbocycles. The number of hydrogen-bond acceptors (Lipinski definition) is 2. The molecule has 1 atom stereocenters. The van der Waals surface area contributed by atoms with Crippen molar-refractivity contribution in [2.45, 2.75) is 58.9 Å². The third-order valence-electron chi connectivity index (χ3n) is 4.76. The Labute approximate surface area is 145 Å². The van der Waals surface area contributed by atoms with Gasteiger partial charge in [0.15, 0.2) is 0 Å². The molecule has 1 saturated heterocycles. The maximum Gasteiger partial charge on any atom is 0.254 e. The smallest absolute Gasteiger partial charge is 0.254 e. The minimum absolute atomic E-state index is 0.0703.